The Labute approximate surface area is 190 Å². The molecule has 10 heteroatoms. The number of carbonyl (C=O) groups excluding carboxylic acids is 4. The van der Waals surface area contributed by atoms with E-state index >= 15 is 0 Å². The number of carbonyl (C=O) groups is 4. The van der Waals surface area contributed by atoms with Crippen molar-refractivity contribution >= 4 is 35.1 Å². The van der Waals surface area contributed by atoms with Gasteiger partial charge in [0.25, 0.3) is 17.7 Å². The molecule has 1 N–H and O–H groups in total. The molecule has 3 aromatic carbocycles. The summed E-state index contributed by atoms with van der Waals surface area (Å²) in [5.41, 5.74) is -0.441. The van der Waals surface area contributed by atoms with Gasteiger partial charge in [0.15, 0.2) is 6.61 Å². The van der Waals surface area contributed by atoms with Crippen molar-refractivity contribution in [3.05, 3.63) is 95.1 Å². The number of benzene rings is 3. The fourth-order valence-corrected chi connectivity index (χ4v) is 3.38. The number of anilines is 2. The van der Waals surface area contributed by atoms with Crippen LogP contribution in [-0.2, 0) is 15.7 Å². The number of alkyl halides is 3. The Hall–Kier alpha value is -4.47. The highest BCUT2D eigenvalue weighted by atomic mass is 19.4. The molecule has 1 aliphatic heterocycles. The summed E-state index contributed by atoms with van der Waals surface area (Å²) in [6, 6.07) is 15.9. The molecule has 0 bridgehead atoms. The van der Waals surface area contributed by atoms with E-state index in [1.807, 2.05) is 0 Å². The van der Waals surface area contributed by atoms with Crippen molar-refractivity contribution in [3.63, 3.8) is 0 Å². The molecule has 7 nitrogen and oxygen atoms in total. The highest BCUT2D eigenvalue weighted by molar-refractivity contribution is 6.34. The number of imide groups is 1. The van der Waals surface area contributed by atoms with Crippen LogP contribution >= 0.6 is 0 Å². The SMILES string of the molecule is O=C(COC(=O)c1cccc(N2C(=O)c3ccccc3C2=O)c1)Nc1cccc(C(F)(F)F)c1. The normalized spacial score (nSPS) is 13.0. The number of nitrogens with one attached hydrogen (secondary N) is 1. The Morgan fingerprint density at radius 1 is 0.853 bits per heavy atom. The third-order valence-electron chi connectivity index (χ3n) is 4.94. The van der Waals surface area contributed by atoms with Gasteiger partial charge in [-0.15, -0.1) is 0 Å². The Bertz CT molecular complexity index is 1280. The van der Waals surface area contributed by atoms with Crippen molar-refractivity contribution in [2.24, 2.45) is 0 Å². The zero-order valence-electron chi connectivity index (χ0n) is 17.3. The molecule has 3 aromatic rings. The maximum absolute atomic E-state index is 12.8. The molecule has 0 atom stereocenters. The van der Waals surface area contributed by atoms with E-state index in [4.69, 9.17) is 4.74 Å². The lowest BCUT2D eigenvalue weighted by molar-refractivity contribution is -0.137. The van der Waals surface area contributed by atoms with Gasteiger partial charge in [-0.2, -0.15) is 13.2 Å². The first-order valence-electron chi connectivity index (χ1n) is 9.87. The van der Waals surface area contributed by atoms with Crippen LogP contribution in [-0.4, -0.2) is 30.3 Å². The highest BCUT2D eigenvalue weighted by Crippen LogP contribution is 2.31. The fourth-order valence-electron chi connectivity index (χ4n) is 3.38. The number of hydrogen-bond donors (Lipinski definition) is 1. The standard InChI is InChI=1S/C24H15F3N2O5/c25-24(26,27)15-6-4-7-16(12-15)28-20(30)13-34-23(33)14-5-3-8-17(11-14)29-21(31)18-9-1-2-10-19(18)22(29)32/h1-12H,13H2,(H,28,30). The molecular weight excluding hydrogens is 453 g/mol. The zero-order valence-corrected chi connectivity index (χ0v) is 17.3. The van der Waals surface area contributed by atoms with Crippen LogP contribution in [0.25, 0.3) is 0 Å². The van der Waals surface area contributed by atoms with Crippen LogP contribution in [0, 0.1) is 0 Å². The molecule has 0 fully saturated rings. The maximum atomic E-state index is 12.8. The molecule has 34 heavy (non-hydrogen) atoms. The molecule has 3 amide bonds. The zero-order chi connectivity index (χ0) is 24.5. The van der Waals surface area contributed by atoms with Crippen molar-refractivity contribution < 1.29 is 37.1 Å². The predicted molar refractivity (Wildman–Crippen MR) is 114 cm³/mol. The van der Waals surface area contributed by atoms with Crippen LogP contribution in [0.15, 0.2) is 72.8 Å². The minimum Gasteiger partial charge on any atom is -0.452 e. The third kappa shape index (κ3) is 4.51. The molecule has 1 aliphatic rings. The number of rotatable bonds is 5. The van der Waals surface area contributed by atoms with Crippen molar-refractivity contribution in [1.82, 2.24) is 0 Å². The summed E-state index contributed by atoms with van der Waals surface area (Å²) in [5, 5.41) is 2.23. The quantitative estimate of drug-likeness (QED) is 0.445. The molecule has 0 spiro atoms. The maximum Gasteiger partial charge on any atom is 0.416 e. The van der Waals surface area contributed by atoms with Gasteiger partial charge in [0.05, 0.1) is 27.9 Å². The van der Waals surface area contributed by atoms with E-state index in [9.17, 15) is 32.3 Å². The van der Waals surface area contributed by atoms with Crippen LogP contribution < -0.4 is 10.2 Å². The number of fused-ring (bicyclic) bond motifs is 1. The van der Waals surface area contributed by atoms with Crippen LogP contribution in [0.3, 0.4) is 0 Å². The number of halogens is 3. The molecule has 0 aliphatic carbocycles. The van der Waals surface area contributed by atoms with E-state index in [0.717, 1.165) is 23.1 Å². The van der Waals surface area contributed by atoms with Gasteiger partial charge in [0.1, 0.15) is 0 Å². The average Bonchev–Trinajstić information content (AvgIpc) is 3.07. The summed E-state index contributed by atoms with van der Waals surface area (Å²) >= 11 is 0. The molecule has 4 rings (SSSR count). The Kier molecular flexibility index (Phi) is 5.89. The van der Waals surface area contributed by atoms with Gasteiger partial charge in [-0.05, 0) is 48.5 Å². The second kappa shape index (κ2) is 8.81. The van der Waals surface area contributed by atoms with Gasteiger partial charge in [-0.1, -0.05) is 24.3 Å². The van der Waals surface area contributed by atoms with Crippen LogP contribution in [0.2, 0.25) is 0 Å². The van der Waals surface area contributed by atoms with Crippen molar-refractivity contribution in [1.29, 1.82) is 0 Å². The minimum absolute atomic E-state index is 0.0269. The smallest absolute Gasteiger partial charge is 0.416 e. The topological polar surface area (TPSA) is 92.8 Å². The number of nitrogens with zero attached hydrogens (tertiary/aromatic N) is 1. The monoisotopic (exact) mass is 468 g/mol. The summed E-state index contributed by atoms with van der Waals surface area (Å²) in [5.74, 6) is -2.83. The summed E-state index contributed by atoms with van der Waals surface area (Å²) < 4.78 is 43.3. The number of esters is 1. The number of amides is 3. The lowest BCUT2D eigenvalue weighted by Crippen LogP contribution is -2.29. The Balaban J connectivity index is 1.41. The van der Waals surface area contributed by atoms with E-state index in [1.54, 1.807) is 12.1 Å². The lowest BCUT2D eigenvalue weighted by Gasteiger charge is -2.15. The Morgan fingerprint density at radius 2 is 1.50 bits per heavy atom. The van der Waals surface area contributed by atoms with Crippen molar-refractivity contribution in [2.45, 2.75) is 6.18 Å². The van der Waals surface area contributed by atoms with E-state index < -0.39 is 42.0 Å². The number of hydrogen-bond acceptors (Lipinski definition) is 5. The first-order valence-corrected chi connectivity index (χ1v) is 9.87. The lowest BCUT2D eigenvalue weighted by atomic mass is 10.1. The van der Waals surface area contributed by atoms with Gasteiger partial charge in [-0.25, -0.2) is 9.69 Å². The second-order valence-electron chi connectivity index (χ2n) is 7.24. The van der Waals surface area contributed by atoms with Crippen LogP contribution in [0.5, 0.6) is 0 Å². The van der Waals surface area contributed by atoms with Crippen molar-refractivity contribution in [3.8, 4) is 0 Å². The van der Waals surface area contributed by atoms with Gasteiger partial charge >= 0.3 is 12.1 Å². The minimum atomic E-state index is -4.57. The molecule has 1 heterocycles. The summed E-state index contributed by atoms with van der Waals surface area (Å²) in [6.45, 7) is -0.758. The fraction of sp³-hybridized carbons (Fsp3) is 0.0833. The summed E-state index contributed by atoms with van der Waals surface area (Å²) in [7, 11) is 0. The molecule has 172 valence electrons. The van der Waals surface area contributed by atoms with Crippen LogP contribution in [0.1, 0.15) is 36.6 Å². The molecule has 0 radical (unpaired) electrons. The summed E-state index contributed by atoms with van der Waals surface area (Å²) in [6.07, 6.45) is -4.57. The first-order chi connectivity index (χ1) is 16.1. The van der Waals surface area contributed by atoms with Gasteiger partial charge in [0, 0.05) is 5.69 Å². The third-order valence-corrected chi connectivity index (χ3v) is 4.94. The van der Waals surface area contributed by atoms with Crippen LogP contribution in [0.4, 0.5) is 24.5 Å². The van der Waals surface area contributed by atoms with Crippen molar-refractivity contribution in [2.75, 3.05) is 16.8 Å². The molecule has 0 unspecified atom stereocenters. The van der Waals surface area contributed by atoms with Gasteiger partial charge in [0.2, 0.25) is 0 Å². The van der Waals surface area contributed by atoms with Gasteiger partial charge < -0.3 is 10.1 Å². The average molecular weight is 468 g/mol. The van der Waals surface area contributed by atoms with E-state index in [-0.39, 0.29) is 28.1 Å². The molecule has 0 aromatic heterocycles. The van der Waals surface area contributed by atoms with Gasteiger partial charge in [-0.3, -0.25) is 14.4 Å². The Morgan fingerprint density at radius 3 is 2.15 bits per heavy atom. The predicted octanol–water partition coefficient (Wildman–Crippen LogP) is 4.30. The first kappa shape index (κ1) is 22.7. The highest BCUT2D eigenvalue weighted by Gasteiger charge is 2.36. The molecular formula is C24H15F3N2O5. The molecule has 0 saturated heterocycles. The second-order valence-corrected chi connectivity index (χ2v) is 7.24. The number of ether oxygens (including phenoxy) is 1. The summed E-state index contributed by atoms with van der Waals surface area (Å²) in [4.78, 5) is 50.6. The molecule has 0 saturated carbocycles. The van der Waals surface area contributed by atoms with E-state index in [2.05, 4.69) is 5.32 Å². The van der Waals surface area contributed by atoms with E-state index in [1.165, 1.54) is 42.5 Å². The largest absolute Gasteiger partial charge is 0.452 e. The van der Waals surface area contributed by atoms with E-state index in [0.29, 0.717) is 0 Å².